The molecule has 2 fully saturated rings. The number of fused-ring (bicyclic) bond motifs is 1. The molecule has 6 nitrogen and oxygen atoms in total. The second-order valence-electron chi connectivity index (χ2n) is 3.96. The first kappa shape index (κ1) is 10.8. The molecule has 0 aromatic carbocycles. The van der Waals surface area contributed by atoms with Crippen molar-refractivity contribution >= 4 is 24.2 Å². The van der Waals surface area contributed by atoms with Gasteiger partial charge in [0.1, 0.15) is 6.29 Å². The van der Waals surface area contributed by atoms with Crippen LogP contribution in [0.1, 0.15) is 6.42 Å². The lowest BCUT2D eigenvalue weighted by atomic mass is 9.89. The fraction of sp³-hybridized carbons (Fsp3) is 0.600. The van der Waals surface area contributed by atoms with E-state index in [-0.39, 0.29) is 6.42 Å². The fourth-order valence-corrected chi connectivity index (χ4v) is 2.50. The molecule has 0 radical (unpaired) electrons. The molecule has 0 N–H and O–H groups in total. The van der Waals surface area contributed by atoms with Crippen LogP contribution >= 0.6 is 0 Å². The minimum atomic E-state index is -0.883. The molecule has 0 bridgehead atoms. The number of carbonyl (C=O) groups is 4. The Morgan fingerprint density at radius 3 is 2.69 bits per heavy atom. The lowest BCUT2D eigenvalue weighted by molar-refractivity contribution is -0.159. The molecule has 0 amide bonds. The van der Waals surface area contributed by atoms with E-state index >= 15 is 0 Å². The Balaban J connectivity index is 2.33. The summed E-state index contributed by atoms with van der Waals surface area (Å²) in [5.41, 5.74) is 0. The van der Waals surface area contributed by atoms with Crippen molar-refractivity contribution in [1.82, 2.24) is 0 Å². The minimum Gasteiger partial charge on any atom is -0.469 e. The third kappa shape index (κ3) is 1.33. The highest BCUT2D eigenvalue weighted by molar-refractivity contribution is 6.00. The van der Waals surface area contributed by atoms with Crippen molar-refractivity contribution in [3.63, 3.8) is 0 Å². The van der Waals surface area contributed by atoms with Crippen LogP contribution in [-0.2, 0) is 28.7 Å². The van der Waals surface area contributed by atoms with Gasteiger partial charge in [0, 0.05) is 5.92 Å². The van der Waals surface area contributed by atoms with Crippen LogP contribution in [0.4, 0.5) is 0 Å². The Hall–Kier alpha value is -1.72. The van der Waals surface area contributed by atoms with Gasteiger partial charge in [0.25, 0.3) is 0 Å². The summed E-state index contributed by atoms with van der Waals surface area (Å²) in [6, 6.07) is 0. The molecule has 1 aliphatic carbocycles. The van der Waals surface area contributed by atoms with Gasteiger partial charge < -0.3 is 14.3 Å². The van der Waals surface area contributed by atoms with Gasteiger partial charge in [-0.2, -0.15) is 0 Å². The van der Waals surface area contributed by atoms with Crippen LogP contribution in [0.15, 0.2) is 0 Å². The van der Waals surface area contributed by atoms with E-state index < -0.39 is 41.6 Å². The summed E-state index contributed by atoms with van der Waals surface area (Å²) in [6.45, 7) is 0. The van der Waals surface area contributed by atoms with Crippen molar-refractivity contribution in [3.8, 4) is 0 Å². The average Bonchev–Trinajstić information content (AvgIpc) is 2.77. The third-order valence-electron chi connectivity index (χ3n) is 3.23. The van der Waals surface area contributed by atoms with Gasteiger partial charge in [-0.1, -0.05) is 0 Å². The van der Waals surface area contributed by atoms with E-state index in [4.69, 9.17) is 0 Å². The van der Waals surface area contributed by atoms with Crippen LogP contribution < -0.4 is 0 Å². The number of esters is 3. The molecular formula is C10H10O6. The van der Waals surface area contributed by atoms with Gasteiger partial charge in [-0.15, -0.1) is 0 Å². The number of rotatable bonds is 2. The monoisotopic (exact) mass is 226 g/mol. The lowest BCUT2D eigenvalue weighted by Crippen LogP contribution is -2.30. The van der Waals surface area contributed by atoms with Crippen molar-refractivity contribution in [2.24, 2.45) is 23.7 Å². The minimum absolute atomic E-state index is 0.179. The first-order valence-corrected chi connectivity index (χ1v) is 4.88. The first-order valence-electron chi connectivity index (χ1n) is 4.88. The highest BCUT2D eigenvalue weighted by atomic mass is 16.6. The summed E-state index contributed by atoms with van der Waals surface area (Å²) >= 11 is 0. The quantitative estimate of drug-likeness (QED) is 0.352. The topological polar surface area (TPSA) is 86.7 Å². The number of methoxy groups -OCH3 is 1. The molecule has 1 aliphatic heterocycles. The molecule has 0 aromatic rings. The summed E-state index contributed by atoms with van der Waals surface area (Å²) in [6.07, 6.45) is 0.777. The maximum Gasteiger partial charge on any atom is 0.318 e. The number of hydrogen-bond acceptors (Lipinski definition) is 6. The molecule has 2 aliphatic rings. The molecule has 86 valence electrons. The predicted molar refractivity (Wildman–Crippen MR) is 47.8 cm³/mol. The zero-order chi connectivity index (χ0) is 11.9. The number of carbonyl (C=O) groups excluding carboxylic acids is 4. The molecule has 1 heterocycles. The molecule has 1 saturated heterocycles. The summed E-state index contributed by atoms with van der Waals surface area (Å²) in [5.74, 6) is -5.06. The van der Waals surface area contributed by atoms with Gasteiger partial charge in [-0.3, -0.25) is 14.4 Å². The van der Waals surface area contributed by atoms with Crippen LogP contribution in [-0.4, -0.2) is 31.3 Å². The van der Waals surface area contributed by atoms with Gasteiger partial charge in [0.2, 0.25) is 0 Å². The average molecular weight is 226 g/mol. The fourth-order valence-electron chi connectivity index (χ4n) is 2.50. The standard InChI is InChI=1S/C10H10O6/c1-15-9(13)6-4(3-11)2-5-7(6)10(14)16-8(5)12/h3-7H,2H2,1H3. The molecule has 1 saturated carbocycles. The molecular weight excluding hydrogens is 216 g/mol. The summed E-state index contributed by atoms with van der Waals surface area (Å²) < 4.78 is 8.99. The SMILES string of the molecule is COC(=O)C1C(C=O)CC2C(=O)OC(=O)C21. The largest absolute Gasteiger partial charge is 0.469 e. The van der Waals surface area contributed by atoms with Crippen LogP contribution in [0, 0.1) is 23.7 Å². The maximum absolute atomic E-state index is 11.5. The number of ether oxygens (including phenoxy) is 2. The Labute approximate surface area is 90.9 Å². The summed E-state index contributed by atoms with van der Waals surface area (Å²) in [4.78, 5) is 45.0. The van der Waals surface area contributed by atoms with Crippen LogP contribution in [0.5, 0.6) is 0 Å². The Kier molecular flexibility index (Phi) is 2.49. The molecule has 16 heavy (non-hydrogen) atoms. The molecule has 0 spiro atoms. The summed E-state index contributed by atoms with van der Waals surface area (Å²) in [7, 11) is 1.18. The normalized spacial score (nSPS) is 36.8. The van der Waals surface area contributed by atoms with Crippen molar-refractivity contribution in [3.05, 3.63) is 0 Å². The van der Waals surface area contributed by atoms with E-state index in [0.717, 1.165) is 0 Å². The van der Waals surface area contributed by atoms with Crippen molar-refractivity contribution in [2.45, 2.75) is 6.42 Å². The zero-order valence-electron chi connectivity index (χ0n) is 8.54. The maximum atomic E-state index is 11.5. The van der Waals surface area contributed by atoms with Gasteiger partial charge in [0.15, 0.2) is 0 Å². The number of cyclic esters (lactones) is 2. The van der Waals surface area contributed by atoms with Gasteiger partial charge in [-0.25, -0.2) is 0 Å². The van der Waals surface area contributed by atoms with E-state index in [9.17, 15) is 19.2 Å². The first-order chi connectivity index (χ1) is 7.60. The van der Waals surface area contributed by atoms with Crippen LogP contribution in [0.25, 0.3) is 0 Å². The van der Waals surface area contributed by atoms with Crippen molar-refractivity contribution in [1.29, 1.82) is 0 Å². The zero-order valence-corrected chi connectivity index (χ0v) is 8.54. The molecule has 4 unspecified atom stereocenters. The van der Waals surface area contributed by atoms with E-state index in [1.165, 1.54) is 7.11 Å². The predicted octanol–water partition coefficient (Wildman–Crippen LogP) is -0.690. The van der Waals surface area contributed by atoms with E-state index in [1.807, 2.05) is 0 Å². The summed E-state index contributed by atoms with van der Waals surface area (Å²) in [5, 5.41) is 0. The van der Waals surface area contributed by atoms with Crippen molar-refractivity contribution in [2.75, 3.05) is 7.11 Å². The second kappa shape index (κ2) is 3.70. The number of hydrogen-bond donors (Lipinski definition) is 0. The molecule has 2 rings (SSSR count). The Morgan fingerprint density at radius 2 is 2.12 bits per heavy atom. The highest BCUT2D eigenvalue weighted by Gasteiger charge is 2.59. The van der Waals surface area contributed by atoms with Crippen LogP contribution in [0.3, 0.4) is 0 Å². The second-order valence-corrected chi connectivity index (χ2v) is 3.96. The van der Waals surface area contributed by atoms with Crippen LogP contribution in [0.2, 0.25) is 0 Å². The van der Waals surface area contributed by atoms with E-state index in [1.54, 1.807) is 0 Å². The van der Waals surface area contributed by atoms with Gasteiger partial charge in [0.05, 0.1) is 24.9 Å². The smallest absolute Gasteiger partial charge is 0.318 e. The molecule has 6 heteroatoms. The Bertz CT molecular complexity index is 374. The van der Waals surface area contributed by atoms with Crippen molar-refractivity contribution < 1.29 is 28.7 Å². The van der Waals surface area contributed by atoms with Gasteiger partial charge >= 0.3 is 17.9 Å². The lowest BCUT2D eigenvalue weighted by Gasteiger charge is -2.15. The third-order valence-corrected chi connectivity index (χ3v) is 3.23. The van der Waals surface area contributed by atoms with Gasteiger partial charge in [-0.05, 0) is 6.42 Å². The highest BCUT2D eigenvalue weighted by Crippen LogP contribution is 2.46. The Morgan fingerprint density at radius 1 is 1.44 bits per heavy atom. The van der Waals surface area contributed by atoms with E-state index in [2.05, 4.69) is 9.47 Å². The molecule has 0 aromatic heterocycles. The number of aldehydes is 1. The van der Waals surface area contributed by atoms with E-state index in [0.29, 0.717) is 6.29 Å². The molecule has 4 atom stereocenters.